The van der Waals surface area contributed by atoms with Crippen LogP contribution < -0.4 is 5.32 Å². The molecule has 0 amide bonds. The van der Waals surface area contributed by atoms with Crippen LogP contribution in [0.5, 0.6) is 0 Å². The van der Waals surface area contributed by atoms with E-state index in [9.17, 15) is 5.11 Å². The zero-order chi connectivity index (χ0) is 15.1. The molecule has 0 spiro atoms. The third kappa shape index (κ3) is 6.23. The maximum Gasteiger partial charge on any atom is 0.0610 e. The summed E-state index contributed by atoms with van der Waals surface area (Å²) in [7, 11) is 0. The Morgan fingerprint density at radius 1 is 1.19 bits per heavy atom. The molecule has 21 heavy (non-hydrogen) atoms. The molecule has 4 heteroatoms. The highest BCUT2D eigenvalue weighted by molar-refractivity contribution is 4.92. The number of piperidine rings is 1. The fourth-order valence-electron chi connectivity index (χ4n) is 3.30. The van der Waals surface area contributed by atoms with E-state index >= 15 is 0 Å². The molecule has 1 aliphatic heterocycles. The van der Waals surface area contributed by atoms with Crippen molar-refractivity contribution in [2.24, 2.45) is 0 Å². The molecule has 1 unspecified atom stereocenters. The van der Waals surface area contributed by atoms with Crippen LogP contribution in [0.3, 0.4) is 0 Å². The summed E-state index contributed by atoms with van der Waals surface area (Å²) in [5, 5.41) is 13.2. The first kappa shape index (κ1) is 17.2. The first-order valence-electron chi connectivity index (χ1n) is 8.88. The Labute approximate surface area is 130 Å². The zero-order valence-corrected chi connectivity index (χ0v) is 13.9. The van der Waals surface area contributed by atoms with Crippen LogP contribution in [0.25, 0.3) is 0 Å². The number of rotatable bonds is 10. The lowest BCUT2D eigenvalue weighted by Crippen LogP contribution is -2.47. The van der Waals surface area contributed by atoms with Crippen LogP contribution in [0.1, 0.15) is 58.8 Å². The number of hydrogen-bond acceptors (Lipinski definition) is 4. The van der Waals surface area contributed by atoms with Gasteiger partial charge in [-0.25, -0.2) is 0 Å². The van der Waals surface area contributed by atoms with Gasteiger partial charge in [-0.15, -0.1) is 0 Å². The Morgan fingerprint density at radius 3 is 2.48 bits per heavy atom. The molecule has 0 aromatic heterocycles. The highest BCUT2D eigenvalue weighted by Crippen LogP contribution is 2.25. The Bertz CT molecular complexity index is 289. The van der Waals surface area contributed by atoms with Crippen molar-refractivity contribution in [1.82, 2.24) is 10.2 Å². The van der Waals surface area contributed by atoms with E-state index in [0.29, 0.717) is 12.1 Å². The molecule has 0 aromatic rings. The van der Waals surface area contributed by atoms with E-state index in [4.69, 9.17) is 4.74 Å². The monoisotopic (exact) mass is 298 g/mol. The Morgan fingerprint density at radius 2 is 1.90 bits per heavy atom. The molecule has 124 valence electrons. The average molecular weight is 298 g/mol. The number of ether oxygens (including phenoxy) is 1. The van der Waals surface area contributed by atoms with Gasteiger partial charge in [-0.1, -0.05) is 6.42 Å². The van der Waals surface area contributed by atoms with Gasteiger partial charge < -0.3 is 20.1 Å². The summed E-state index contributed by atoms with van der Waals surface area (Å²) in [6, 6.07) is 0.666. The summed E-state index contributed by atoms with van der Waals surface area (Å²) in [6.45, 7) is 8.91. The molecule has 0 radical (unpaired) electrons. The van der Waals surface area contributed by atoms with Gasteiger partial charge in [-0.2, -0.15) is 0 Å². The first-order valence-corrected chi connectivity index (χ1v) is 8.88. The SMILES string of the molecule is CCOC1CCN(CCCCC(C)(CO)NC2CC2)CC1. The Kier molecular flexibility index (Phi) is 6.93. The Hall–Kier alpha value is -0.160. The second-order valence-electron chi connectivity index (χ2n) is 7.09. The van der Waals surface area contributed by atoms with Crippen molar-refractivity contribution in [3.05, 3.63) is 0 Å². The first-order chi connectivity index (χ1) is 10.1. The van der Waals surface area contributed by atoms with Crippen molar-refractivity contribution < 1.29 is 9.84 Å². The number of nitrogens with zero attached hydrogens (tertiary/aromatic N) is 1. The molecule has 1 aliphatic carbocycles. The van der Waals surface area contributed by atoms with E-state index in [-0.39, 0.29) is 12.1 Å². The van der Waals surface area contributed by atoms with E-state index in [2.05, 4.69) is 24.1 Å². The molecule has 2 aliphatic rings. The minimum absolute atomic E-state index is 0.0663. The van der Waals surface area contributed by atoms with Crippen LogP contribution in [-0.4, -0.2) is 60.5 Å². The lowest BCUT2D eigenvalue weighted by Gasteiger charge is -2.32. The second kappa shape index (κ2) is 8.47. The predicted molar refractivity (Wildman–Crippen MR) is 86.6 cm³/mol. The third-order valence-corrected chi connectivity index (χ3v) is 4.87. The maximum atomic E-state index is 9.60. The van der Waals surface area contributed by atoms with E-state index in [1.165, 1.54) is 58.2 Å². The van der Waals surface area contributed by atoms with E-state index in [0.717, 1.165) is 13.0 Å². The summed E-state index contributed by atoms with van der Waals surface area (Å²) in [5.41, 5.74) is -0.0663. The Balaban J connectivity index is 1.55. The molecular formula is C17H34N2O2. The highest BCUT2D eigenvalue weighted by Gasteiger charge is 2.31. The van der Waals surface area contributed by atoms with Gasteiger partial charge in [0, 0.05) is 31.3 Å². The number of nitrogens with one attached hydrogen (secondary N) is 1. The van der Waals surface area contributed by atoms with Gasteiger partial charge >= 0.3 is 0 Å². The minimum Gasteiger partial charge on any atom is -0.394 e. The summed E-state index contributed by atoms with van der Waals surface area (Å²) in [6.07, 6.45) is 8.94. The topological polar surface area (TPSA) is 44.7 Å². The van der Waals surface area contributed by atoms with Crippen molar-refractivity contribution in [3.8, 4) is 0 Å². The van der Waals surface area contributed by atoms with Gasteiger partial charge in [0.15, 0.2) is 0 Å². The van der Waals surface area contributed by atoms with Crippen molar-refractivity contribution in [2.45, 2.75) is 76.5 Å². The molecule has 4 nitrogen and oxygen atoms in total. The normalized spacial score (nSPS) is 24.1. The lowest BCUT2D eigenvalue weighted by molar-refractivity contribution is 0.0138. The quantitative estimate of drug-likeness (QED) is 0.607. The zero-order valence-electron chi connectivity index (χ0n) is 13.9. The summed E-state index contributed by atoms with van der Waals surface area (Å²) >= 11 is 0. The van der Waals surface area contributed by atoms with Crippen LogP contribution in [0, 0.1) is 0 Å². The van der Waals surface area contributed by atoms with E-state index in [1.54, 1.807) is 0 Å². The van der Waals surface area contributed by atoms with Crippen LogP contribution in [0.2, 0.25) is 0 Å². The van der Waals surface area contributed by atoms with Crippen molar-refractivity contribution >= 4 is 0 Å². The molecule has 1 saturated carbocycles. The fraction of sp³-hybridized carbons (Fsp3) is 1.00. The minimum atomic E-state index is -0.0663. The van der Waals surface area contributed by atoms with E-state index in [1.807, 2.05) is 0 Å². The second-order valence-corrected chi connectivity index (χ2v) is 7.09. The number of aliphatic hydroxyl groups is 1. The fourth-order valence-corrected chi connectivity index (χ4v) is 3.30. The summed E-state index contributed by atoms with van der Waals surface area (Å²) in [5.74, 6) is 0. The molecule has 0 aromatic carbocycles. The predicted octanol–water partition coefficient (Wildman–Crippen LogP) is 2.16. The molecule has 2 fully saturated rings. The third-order valence-electron chi connectivity index (χ3n) is 4.87. The molecule has 2 N–H and O–H groups in total. The number of hydrogen-bond donors (Lipinski definition) is 2. The average Bonchev–Trinajstić information content (AvgIpc) is 3.29. The molecular weight excluding hydrogens is 264 g/mol. The van der Waals surface area contributed by atoms with Gasteiger partial charge in [0.1, 0.15) is 0 Å². The molecule has 1 atom stereocenters. The summed E-state index contributed by atoms with van der Waals surface area (Å²) in [4.78, 5) is 2.57. The molecule has 1 saturated heterocycles. The summed E-state index contributed by atoms with van der Waals surface area (Å²) < 4.78 is 5.70. The van der Waals surface area contributed by atoms with E-state index < -0.39 is 0 Å². The largest absolute Gasteiger partial charge is 0.394 e. The molecule has 2 rings (SSSR count). The highest BCUT2D eigenvalue weighted by atomic mass is 16.5. The lowest BCUT2D eigenvalue weighted by atomic mass is 9.95. The smallest absolute Gasteiger partial charge is 0.0610 e. The van der Waals surface area contributed by atoms with Crippen LogP contribution >= 0.6 is 0 Å². The van der Waals surface area contributed by atoms with Gasteiger partial charge in [0.25, 0.3) is 0 Å². The van der Waals surface area contributed by atoms with Crippen molar-refractivity contribution in [1.29, 1.82) is 0 Å². The van der Waals surface area contributed by atoms with Crippen LogP contribution in [-0.2, 0) is 4.74 Å². The van der Waals surface area contributed by atoms with Gasteiger partial charge in [0.05, 0.1) is 12.7 Å². The number of unbranched alkanes of at least 4 members (excludes halogenated alkanes) is 1. The maximum absolute atomic E-state index is 9.60. The molecule has 0 bridgehead atoms. The van der Waals surface area contributed by atoms with Gasteiger partial charge in [0.2, 0.25) is 0 Å². The van der Waals surface area contributed by atoms with Crippen LogP contribution in [0.4, 0.5) is 0 Å². The number of aliphatic hydroxyl groups excluding tert-OH is 1. The van der Waals surface area contributed by atoms with Crippen molar-refractivity contribution in [3.63, 3.8) is 0 Å². The number of likely N-dealkylation sites (tertiary alicyclic amines) is 1. The molecule has 1 heterocycles. The van der Waals surface area contributed by atoms with Crippen LogP contribution in [0.15, 0.2) is 0 Å². The standard InChI is InChI=1S/C17H34N2O2/c1-3-21-16-8-12-19(13-9-16)11-5-4-10-17(2,14-20)18-15-6-7-15/h15-16,18,20H,3-14H2,1-2H3. The van der Waals surface area contributed by atoms with Gasteiger partial charge in [-0.3, -0.25) is 0 Å². The van der Waals surface area contributed by atoms with Crippen molar-refractivity contribution in [2.75, 3.05) is 32.8 Å². The van der Waals surface area contributed by atoms with Gasteiger partial charge in [-0.05, 0) is 58.9 Å².